The summed E-state index contributed by atoms with van der Waals surface area (Å²) in [6.45, 7) is 6.78. The highest BCUT2D eigenvalue weighted by molar-refractivity contribution is 5.80. The molecule has 0 aromatic carbocycles. The highest BCUT2D eigenvalue weighted by atomic mass is 16.5. The molecule has 1 rings (SSSR count). The third kappa shape index (κ3) is 8.25. The molecule has 1 unspecified atom stereocenters. The SMILES string of the molecule is CCNC(=NCC(C)C(=O)OC)NCCCOCc1ccco1. The monoisotopic (exact) mass is 325 g/mol. The molecule has 7 heteroatoms. The van der Waals surface area contributed by atoms with Gasteiger partial charge in [0.1, 0.15) is 12.4 Å². The minimum Gasteiger partial charge on any atom is -0.469 e. The van der Waals surface area contributed by atoms with Crippen LogP contribution in [-0.2, 0) is 20.9 Å². The Morgan fingerprint density at radius 1 is 1.43 bits per heavy atom. The van der Waals surface area contributed by atoms with Crippen LogP contribution in [0.2, 0.25) is 0 Å². The normalized spacial score (nSPS) is 12.7. The number of hydrogen-bond acceptors (Lipinski definition) is 5. The molecule has 23 heavy (non-hydrogen) atoms. The molecule has 0 amide bonds. The second-order valence-corrected chi connectivity index (χ2v) is 5.06. The van der Waals surface area contributed by atoms with E-state index in [2.05, 4.69) is 20.4 Å². The summed E-state index contributed by atoms with van der Waals surface area (Å²) in [5.74, 6) is 1.00. The molecule has 0 fully saturated rings. The van der Waals surface area contributed by atoms with Crippen LogP contribution in [0.1, 0.15) is 26.0 Å². The molecule has 0 aliphatic heterocycles. The molecule has 1 aromatic rings. The molecular weight excluding hydrogens is 298 g/mol. The number of carbonyl (C=O) groups is 1. The topological polar surface area (TPSA) is 85.1 Å². The fourth-order valence-corrected chi connectivity index (χ4v) is 1.79. The maximum atomic E-state index is 11.4. The van der Waals surface area contributed by atoms with E-state index < -0.39 is 0 Å². The predicted octanol–water partition coefficient (Wildman–Crippen LogP) is 1.55. The molecule has 1 aromatic heterocycles. The zero-order valence-corrected chi connectivity index (χ0v) is 14.1. The second-order valence-electron chi connectivity index (χ2n) is 5.06. The fourth-order valence-electron chi connectivity index (χ4n) is 1.79. The summed E-state index contributed by atoms with van der Waals surface area (Å²) in [7, 11) is 1.38. The van der Waals surface area contributed by atoms with Gasteiger partial charge in [0.25, 0.3) is 0 Å². The molecule has 1 heterocycles. The van der Waals surface area contributed by atoms with Crippen LogP contribution in [0.5, 0.6) is 0 Å². The number of nitrogens with zero attached hydrogens (tertiary/aromatic N) is 1. The van der Waals surface area contributed by atoms with Crippen molar-refractivity contribution in [2.75, 3.05) is 33.4 Å². The van der Waals surface area contributed by atoms with Gasteiger partial charge in [-0.15, -0.1) is 0 Å². The Hall–Kier alpha value is -2.02. The summed E-state index contributed by atoms with van der Waals surface area (Å²) >= 11 is 0. The quantitative estimate of drug-likeness (QED) is 0.294. The Morgan fingerprint density at radius 2 is 2.26 bits per heavy atom. The van der Waals surface area contributed by atoms with Crippen molar-refractivity contribution >= 4 is 11.9 Å². The van der Waals surface area contributed by atoms with Gasteiger partial charge in [0, 0.05) is 19.7 Å². The number of nitrogens with one attached hydrogen (secondary N) is 2. The molecule has 2 N–H and O–H groups in total. The zero-order chi connectivity index (χ0) is 16.9. The van der Waals surface area contributed by atoms with Crippen LogP contribution in [0.25, 0.3) is 0 Å². The first kappa shape index (κ1) is 19.0. The van der Waals surface area contributed by atoms with Crippen molar-refractivity contribution in [2.24, 2.45) is 10.9 Å². The van der Waals surface area contributed by atoms with E-state index >= 15 is 0 Å². The van der Waals surface area contributed by atoms with Crippen molar-refractivity contribution < 1.29 is 18.7 Å². The van der Waals surface area contributed by atoms with Gasteiger partial charge in [-0.2, -0.15) is 0 Å². The van der Waals surface area contributed by atoms with Crippen LogP contribution in [-0.4, -0.2) is 45.3 Å². The third-order valence-corrected chi connectivity index (χ3v) is 3.05. The van der Waals surface area contributed by atoms with Crippen molar-refractivity contribution in [3.8, 4) is 0 Å². The van der Waals surface area contributed by atoms with Crippen molar-refractivity contribution in [3.63, 3.8) is 0 Å². The zero-order valence-electron chi connectivity index (χ0n) is 14.1. The van der Waals surface area contributed by atoms with Crippen molar-refractivity contribution in [2.45, 2.75) is 26.9 Å². The molecule has 0 radical (unpaired) electrons. The van der Waals surface area contributed by atoms with E-state index in [0.29, 0.717) is 25.7 Å². The van der Waals surface area contributed by atoms with Gasteiger partial charge in [0.2, 0.25) is 0 Å². The lowest BCUT2D eigenvalue weighted by Gasteiger charge is -2.12. The van der Waals surface area contributed by atoms with Gasteiger partial charge < -0.3 is 24.5 Å². The largest absolute Gasteiger partial charge is 0.469 e. The highest BCUT2D eigenvalue weighted by Gasteiger charge is 2.12. The summed E-state index contributed by atoms with van der Waals surface area (Å²) in [5.41, 5.74) is 0. The first-order chi connectivity index (χ1) is 11.2. The Morgan fingerprint density at radius 3 is 2.91 bits per heavy atom. The van der Waals surface area contributed by atoms with Crippen LogP contribution < -0.4 is 10.6 Å². The van der Waals surface area contributed by atoms with Crippen LogP contribution in [0, 0.1) is 5.92 Å². The predicted molar refractivity (Wildman–Crippen MR) is 88.1 cm³/mol. The highest BCUT2D eigenvalue weighted by Crippen LogP contribution is 2.01. The lowest BCUT2D eigenvalue weighted by Crippen LogP contribution is -2.38. The van der Waals surface area contributed by atoms with Gasteiger partial charge in [-0.05, 0) is 25.5 Å². The lowest BCUT2D eigenvalue weighted by molar-refractivity contribution is -0.144. The van der Waals surface area contributed by atoms with Gasteiger partial charge in [-0.3, -0.25) is 9.79 Å². The molecule has 1 atom stereocenters. The number of carbonyl (C=O) groups excluding carboxylic acids is 1. The summed E-state index contributed by atoms with van der Waals surface area (Å²) in [5, 5.41) is 6.35. The Balaban J connectivity index is 2.20. The minimum atomic E-state index is -0.257. The average Bonchev–Trinajstić information content (AvgIpc) is 3.07. The lowest BCUT2D eigenvalue weighted by atomic mass is 10.2. The Kier molecular flexibility index (Phi) is 9.54. The molecule has 0 saturated heterocycles. The molecule has 130 valence electrons. The van der Waals surface area contributed by atoms with Gasteiger partial charge in [-0.1, -0.05) is 6.92 Å². The van der Waals surface area contributed by atoms with E-state index in [1.807, 2.05) is 19.1 Å². The number of esters is 1. The Bertz CT molecular complexity index is 460. The molecular formula is C16H27N3O4. The third-order valence-electron chi connectivity index (χ3n) is 3.05. The number of aliphatic imine (C=N–C) groups is 1. The van der Waals surface area contributed by atoms with E-state index in [1.165, 1.54) is 7.11 Å². The number of hydrogen-bond donors (Lipinski definition) is 2. The maximum Gasteiger partial charge on any atom is 0.310 e. The van der Waals surface area contributed by atoms with Crippen molar-refractivity contribution in [3.05, 3.63) is 24.2 Å². The van der Waals surface area contributed by atoms with E-state index in [-0.39, 0.29) is 11.9 Å². The molecule has 0 aliphatic carbocycles. The number of furan rings is 1. The average molecular weight is 325 g/mol. The van der Waals surface area contributed by atoms with Gasteiger partial charge in [-0.25, -0.2) is 0 Å². The molecule has 7 nitrogen and oxygen atoms in total. The Labute approximate surface area is 137 Å². The summed E-state index contributed by atoms with van der Waals surface area (Å²) < 4.78 is 15.4. The van der Waals surface area contributed by atoms with Gasteiger partial charge in [0.15, 0.2) is 5.96 Å². The van der Waals surface area contributed by atoms with Crippen LogP contribution in [0.15, 0.2) is 27.8 Å². The number of rotatable bonds is 10. The van der Waals surface area contributed by atoms with E-state index in [0.717, 1.165) is 25.3 Å². The standard InChI is InChI=1S/C16H27N3O4/c1-4-17-16(19-11-13(2)15(20)21-3)18-8-6-9-22-12-14-7-5-10-23-14/h5,7,10,13H,4,6,8-9,11-12H2,1-3H3,(H2,17,18,19). The molecule has 0 saturated carbocycles. The van der Waals surface area contributed by atoms with Crippen LogP contribution in [0.3, 0.4) is 0 Å². The fraction of sp³-hybridized carbons (Fsp3) is 0.625. The van der Waals surface area contributed by atoms with E-state index in [4.69, 9.17) is 9.15 Å². The number of guanidine groups is 1. The number of ether oxygens (including phenoxy) is 2. The molecule has 0 spiro atoms. The maximum absolute atomic E-state index is 11.4. The first-order valence-corrected chi connectivity index (χ1v) is 7.87. The number of methoxy groups -OCH3 is 1. The van der Waals surface area contributed by atoms with Gasteiger partial charge >= 0.3 is 5.97 Å². The van der Waals surface area contributed by atoms with Gasteiger partial charge in [0.05, 0.1) is 25.8 Å². The molecule has 0 bridgehead atoms. The molecule has 0 aliphatic rings. The van der Waals surface area contributed by atoms with Crippen molar-refractivity contribution in [1.29, 1.82) is 0 Å². The van der Waals surface area contributed by atoms with Crippen LogP contribution >= 0.6 is 0 Å². The first-order valence-electron chi connectivity index (χ1n) is 7.87. The minimum absolute atomic E-state index is 0.254. The van der Waals surface area contributed by atoms with E-state index in [1.54, 1.807) is 13.2 Å². The summed E-state index contributed by atoms with van der Waals surface area (Å²) in [6.07, 6.45) is 2.48. The van der Waals surface area contributed by atoms with E-state index in [9.17, 15) is 4.79 Å². The summed E-state index contributed by atoms with van der Waals surface area (Å²) in [4.78, 5) is 15.7. The van der Waals surface area contributed by atoms with Crippen molar-refractivity contribution in [1.82, 2.24) is 10.6 Å². The second kappa shape index (κ2) is 11.5. The smallest absolute Gasteiger partial charge is 0.310 e. The summed E-state index contributed by atoms with van der Waals surface area (Å²) in [6, 6.07) is 3.73. The van der Waals surface area contributed by atoms with Crippen LogP contribution in [0.4, 0.5) is 0 Å².